The second-order valence-electron chi connectivity index (χ2n) is 4.48. The number of aryl methyl sites for hydroxylation is 1. The average molecular weight is 294 g/mol. The lowest BCUT2D eigenvalue weighted by Crippen LogP contribution is -2.39. The van der Waals surface area contributed by atoms with Crippen molar-refractivity contribution in [1.82, 2.24) is 20.6 Å². The molecule has 0 aliphatic rings. The Morgan fingerprint density at radius 1 is 1.14 bits per heavy atom. The number of nitrogens with one attached hydrogen (secondary N) is 2. The molecule has 1 aromatic heterocycles. The SMILES string of the molecule is Cc1cnc(CNC(=O)NC(=O)CCCCC(=O)O)cn1. The molecule has 0 atom stereocenters. The van der Waals surface area contributed by atoms with Gasteiger partial charge < -0.3 is 10.4 Å². The summed E-state index contributed by atoms with van der Waals surface area (Å²) in [5.74, 6) is -1.33. The second kappa shape index (κ2) is 8.62. The Balaban J connectivity index is 2.19. The zero-order valence-electron chi connectivity index (χ0n) is 11.8. The Morgan fingerprint density at radius 2 is 1.86 bits per heavy atom. The minimum Gasteiger partial charge on any atom is -0.481 e. The Hall–Kier alpha value is -2.51. The van der Waals surface area contributed by atoms with Crippen molar-refractivity contribution < 1.29 is 19.5 Å². The predicted molar refractivity (Wildman–Crippen MR) is 73.3 cm³/mol. The van der Waals surface area contributed by atoms with Crippen LogP contribution in [0.5, 0.6) is 0 Å². The third-order valence-electron chi connectivity index (χ3n) is 2.56. The summed E-state index contributed by atoms with van der Waals surface area (Å²) in [7, 11) is 0. The van der Waals surface area contributed by atoms with Crippen LogP contribution in [-0.2, 0) is 16.1 Å². The van der Waals surface area contributed by atoms with Gasteiger partial charge >= 0.3 is 12.0 Å². The first kappa shape index (κ1) is 16.5. The molecule has 0 unspecified atom stereocenters. The van der Waals surface area contributed by atoms with E-state index in [0.29, 0.717) is 18.5 Å². The van der Waals surface area contributed by atoms with Crippen LogP contribution in [0.1, 0.15) is 37.1 Å². The number of nitrogens with zero attached hydrogens (tertiary/aromatic N) is 2. The molecule has 0 saturated carbocycles. The van der Waals surface area contributed by atoms with Gasteiger partial charge in [-0.05, 0) is 19.8 Å². The van der Waals surface area contributed by atoms with Crippen LogP contribution in [0.2, 0.25) is 0 Å². The Labute approximate surface area is 122 Å². The van der Waals surface area contributed by atoms with Crippen LogP contribution in [0.15, 0.2) is 12.4 Å². The van der Waals surface area contributed by atoms with Gasteiger partial charge in [-0.1, -0.05) is 0 Å². The number of urea groups is 1. The number of imide groups is 1. The summed E-state index contributed by atoms with van der Waals surface area (Å²) in [5.41, 5.74) is 1.37. The number of carboxylic acids is 1. The maximum absolute atomic E-state index is 11.4. The summed E-state index contributed by atoms with van der Waals surface area (Å²) in [4.78, 5) is 41.2. The highest BCUT2D eigenvalue weighted by atomic mass is 16.4. The molecule has 0 bridgehead atoms. The maximum atomic E-state index is 11.4. The normalized spacial score (nSPS) is 9.95. The minimum absolute atomic E-state index is 0.0194. The molecule has 3 amide bonds. The van der Waals surface area contributed by atoms with E-state index in [1.807, 2.05) is 0 Å². The van der Waals surface area contributed by atoms with Crippen LogP contribution in [0.3, 0.4) is 0 Å². The molecule has 1 heterocycles. The third kappa shape index (κ3) is 7.61. The summed E-state index contributed by atoms with van der Waals surface area (Å²) in [6.07, 6.45) is 4.10. The Kier molecular flexibility index (Phi) is 6.79. The molecular formula is C13H18N4O4. The first-order valence-corrected chi connectivity index (χ1v) is 6.54. The molecule has 8 heteroatoms. The molecule has 3 N–H and O–H groups in total. The van der Waals surface area contributed by atoms with Gasteiger partial charge in [-0.2, -0.15) is 0 Å². The fraction of sp³-hybridized carbons (Fsp3) is 0.462. The van der Waals surface area contributed by atoms with Gasteiger partial charge in [0.1, 0.15) is 0 Å². The number of carboxylic acid groups (broad SMARTS) is 1. The van der Waals surface area contributed by atoms with Crippen molar-refractivity contribution in [3.05, 3.63) is 23.8 Å². The molecule has 0 aromatic carbocycles. The summed E-state index contributed by atoms with van der Waals surface area (Å²) >= 11 is 0. The van der Waals surface area contributed by atoms with Crippen molar-refractivity contribution in [1.29, 1.82) is 0 Å². The number of unbranched alkanes of at least 4 members (excludes halogenated alkanes) is 1. The predicted octanol–water partition coefficient (Wildman–Crippen LogP) is 0.756. The van der Waals surface area contributed by atoms with Crippen LogP contribution in [0, 0.1) is 6.92 Å². The molecule has 8 nitrogen and oxygen atoms in total. The van der Waals surface area contributed by atoms with Crippen LogP contribution in [0.25, 0.3) is 0 Å². The number of rotatable bonds is 7. The summed E-state index contributed by atoms with van der Waals surface area (Å²) in [5, 5.41) is 13.1. The van der Waals surface area contributed by atoms with Gasteiger partial charge in [-0.25, -0.2) is 4.79 Å². The zero-order valence-corrected chi connectivity index (χ0v) is 11.8. The summed E-state index contributed by atoms with van der Waals surface area (Å²) in [6, 6.07) is -0.611. The number of hydrogen-bond donors (Lipinski definition) is 3. The maximum Gasteiger partial charge on any atom is 0.321 e. The largest absolute Gasteiger partial charge is 0.481 e. The average Bonchev–Trinajstić information content (AvgIpc) is 2.43. The van der Waals surface area contributed by atoms with Gasteiger partial charge in [0.2, 0.25) is 5.91 Å². The fourth-order valence-corrected chi connectivity index (χ4v) is 1.48. The highest BCUT2D eigenvalue weighted by molar-refractivity contribution is 5.94. The van der Waals surface area contributed by atoms with E-state index in [1.54, 1.807) is 19.3 Å². The number of carbonyl (C=O) groups excluding carboxylic acids is 2. The highest BCUT2D eigenvalue weighted by Gasteiger charge is 2.08. The van der Waals surface area contributed by atoms with Gasteiger partial charge in [0.05, 0.1) is 24.1 Å². The van der Waals surface area contributed by atoms with Crippen molar-refractivity contribution >= 4 is 17.9 Å². The van der Waals surface area contributed by atoms with Gasteiger partial charge in [-0.3, -0.25) is 24.9 Å². The van der Waals surface area contributed by atoms with Crippen LogP contribution in [-0.4, -0.2) is 33.0 Å². The molecule has 0 aliphatic carbocycles. The quantitative estimate of drug-likeness (QED) is 0.638. The first-order chi connectivity index (χ1) is 9.97. The number of aliphatic carboxylic acids is 1. The first-order valence-electron chi connectivity index (χ1n) is 6.54. The molecule has 1 aromatic rings. The van der Waals surface area contributed by atoms with Crippen molar-refractivity contribution in [2.45, 2.75) is 39.2 Å². The van der Waals surface area contributed by atoms with Gasteiger partial charge in [-0.15, -0.1) is 0 Å². The lowest BCUT2D eigenvalue weighted by molar-refractivity contribution is -0.137. The van der Waals surface area contributed by atoms with E-state index in [1.165, 1.54) is 0 Å². The molecule has 0 fully saturated rings. The van der Waals surface area contributed by atoms with E-state index in [9.17, 15) is 14.4 Å². The van der Waals surface area contributed by atoms with E-state index in [4.69, 9.17) is 5.11 Å². The van der Waals surface area contributed by atoms with Crippen LogP contribution < -0.4 is 10.6 Å². The minimum atomic E-state index is -0.896. The van der Waals surface area contributed by atoms with Gasteiger partial charge in [0.15, 0.2) is 0 Å². The number of aromatic nitrogens is 2. The van der Waals surface area contributed by atoms with Crippen molar-refractivity contribution in [2.24, 2.45) is 0 Å². The molecule has 0 radical (unpaired) electrons. The monoisotopic (exact) mass is 294 g/mol. The standard InChI is InChI=1S/C13H18N4O4/c1-9-6-15-10(7-14-9)8-16-13(21)17-11(18)4-2-3-5-12(19)20/h6-7H,2-5,8H2,1H3,(H,19,20)(H2,16,17,18,21). The van der Waals surface area contributed by atoms with Crippen molar-refractivity contribution in [3.8, 4) is 0 Å². The number of carbonyl (C=O) groups is 3. The smallest absolute Gasteiger partial charge is 0.321 e. The molecule has 114 valence electrons. The molecule has 21 heavy (non-hydrogen) atoms. The topological polar surface area (TPSA) is 121 Å². The lowest BCUT2D eigenvalue weighted by atomic mass is 10.2. The van der Waals surface area contributed by atoms with Crippen LogP contribution in [0.4, 0.5) is 4.79 Å². The molecule has 0 spiro atoms. The zero-order chi connectivity index (χ0) is 15.7. The molecule has 1 rings (SSSR count). The van der Waals surface area contributed by atoms with E-state index >= 15 is 0 Å². The lowest BCUT2D eigenvalue weighted by Gasteiger charge is -2.06. The van der Waals surface area contributed by atoms with E-state index in [2.05, 4.69) is 20.6 Å². The van der Waals surface area contributed by atoms with E-state index in [0.717, 1.165) is 5.69 Å². The Morgan fingerprint density at radius 3 is 2.48 bits per heavy atom. The van der Waals surface area contributed by atoms with Gasteiger partial charge in [0, 0.05) is 19.0 Å². The Bertz CT molecular complexity index is 501. The number of amides is 3. The summed E-state index contributed by atoms with van der Waals surface area (Å²) in [6.45, 7) is 1.98. The highest BCUT2D eigenvalue weighted by Crippen LogP contribution is 1.99. The number of hydrogen-bond acceptors (Lipinski definition) is 5. The van der Waals surface area contributed by atoms with Gasteiger partial charge in [0.25, 0.3) is 0 Å². The van der Waals surface area contributed by atoms with Crippen molar-refractivity contribution in [3.63, 3.8) is 0 Å². The molecule has 0 saturated heterocycles. The summed E-state index contributed by atoms with van der Waals surface area (Å²) < 4.78 is 0. The van der Waals surface area contributed by atoms with Crippen molar-refractivity contribution in [2.75, 3.05) is 0 Å². The van der Waals surface area contributed by atoms with Crippen LogP contribution >= 0.6 is 0 Å². The fourth-order valence-electron chi connectivity index (χ4n) is 1.48. The third-order valence-corrected chi connectivity index (χ3v) is 2.56. The van der Waals surface area contributed by atoms with E-state index in [-0.39, 0.29) is 19.4 Å². The molecular weight excluding hydrogens is 276 g/mol. The molecule has 0 aliphatic heterocycles. The second-order valence-corrected chi connectivity index (χ2v) is 4.48. The van der Waals surface area contributed by atoms with E-state index < -0.39 is 17.9 Å².